The summed E-state index contributed by atoms with van der Waals surface area (Å²) in [6.07, 6.45) is 1.99. The van der Waals surface area contributed by atoms with Crippen molar-refractivity contribution in [3.8, 4) is 0 Å². The molecule has 6 heteroatoms. The molecule has 0 unspecified atom stereocenters. The smallest absolute Gasteiger partial charge is 0.411 e. The fraction of sp³-hybridized carbons (Fsp3) is 0.360. The van der Waals surface area contributed by atoms with Gasteiger partial charge in [-0.1, -0.05) is 61.9 Å². The van der Waals surface area contributed by atoms with Crippen LogP contribution in [0.15, 0.2) is 72.3 Å². The van der Waals surface area contributed by atoms with Crippen molar-refractivity contribution < 1.29 is 19.1 Å². The Hall–Kier alpha value is -3.28. The standard InChI is InChI=1S/C25H30N2O4/c1-18-14-19(2)25(20(3)15-18,16-30-23(28)26-21-10-6-4-7-11-21)17-31-24(29)27-22-12-8-5-9-13-22/h4-14,19-20H,15-17H2,1-3H3,(H,26,28)(H,27,29)/t19-,20-/m0/s1. The van der Waals surface area contributed by atoms with Gasteiger partial charge in [0, 0.05) is 16.8 Å². The van der Waals surface area contributed by atoms with Gasteiger partial charge in [0.25, 0.3) is 0 Å². The minimum Gasteiger partial charge on any atom is -0.449 e. The quantitative estimate of drug-likeness (QED) is 0.552. The molecule has 1 aliphatic rings. The minimum absolute atomic E-state index is 0.0744. The van der Waals surface area contributed by atoms with Crippen molar-refractivity contribution in [3.05, 3.63) is 72.3 Å². The number of rotatable bonds is 6. The van der Waals surface area contributed by atoms with Gasteiger partial charge in [-0.05, 0) is 49.4 Å². The molecular formula is C25H30N2O4. The highest BCUT2D eigenvalue weighted by atomic mass is 16.6. The Balaban J connectivity index is 1.67. The molecule has 0 saturated carbocycles. The largest absolute Gasteiger partial charge is 0.449 e. The lowest BCUT2D eigenvalue weighted by Crippen LogP contribution is -2.47. The van der Waals surface area contributed by atoms with Crippen LogP contribution >= 0.6 is 0 Å². The van der Waals surface area contributed by atoms with E-state index < -0.39 is 17.6 Å². The Kier molecular flexibility index (Phi) is 7.34. The number of allylic oxidation sites excluding steroid dienone is 2. The van der Waals surface area contributed by atoms with E-state index in [1.165, 1.54) is 5.57 Å². The molecule has 0 bridgehead atoms. The first kappa shape index (κ1) is 22.4. The zero-order valence-electron chi connectivity index (χ0n) is 18.3. The molecule has 2 N–H and O–H groups in total. The fourth-order valence-corrected chi connectivity index (χ4v) is 4.14. The van der Waals surface area contributed by atoms with Gasteiger partial charge in [0.1, 0.15) is 13.2 Å². The average molecular weight is 423 g/mol. The van der Waals surface area contributed by atoms with Crippen molar-refractivity contribution in [2.45, 2.75) is 27.2 Å². The molecule has 0 heterocycles. The van der Waals surface area contributed by atoms with E-state index in [1.807, 2.05) is 36.4 Å². The number of hydrogen-bond donors (Lipinski definition) is 2. The topological polar surface area (TPSA) is 76.7 Å². The van der Waals surface area contributed by atoms with Gasteiger partial charge in [-0.2, -0.15) is 0 Å². The number of ether oxygens (including phenoxy) is 2. The maximum absolute atomic E-state index is 12.4. The predicted molar refractivity (Wildman–Crippen MR) is 122 cm³/mol. The molecule has 0 radical (unpaired) electrons. The second-order valence-corrected chi connectivity index (χ2v) is 8.27. The number of amides is 2. The zero-order valence-corrected chi connectivity index (χ0v) is 18.3. The molecule has 2 amide bonds. The van der Waals surface area contributed by atoms with Gasteiger partial charge in [-0.3, -0.25) is 10.6 Å². The number of carbonyl (C=O) groups excluding carboxylic acids is 2. The molecule has 2 aromatic carbocycles. The Morgan fingerprint density at radius 1 is 0.871 bits per heavy atom. The Morgan fingerprint density at radius 2 is 1.32 bits per heavy atom. The molecule has 2 atom stereocenters. The molecule has 0 spiro atoms. The van der Waals surface area contributed by atoms with Gasteiger partial charge < -0.3 is 9.47 Å². The van der Waals surface area contributed by atoms with Crippen LogP contribution in [0.3, 0.4) is 0 Å². The van der Waals surface area contributed by atoms with Crippen LogP contribution in [0, 0.1) is 17.3 Å². The molecule has 164 valence electrons. The van der Waals surface area contributed by atoms with Crippen molar-refractivity contribution >= 4 is 23.6 Å². The lowest BCUT2D eigenvalue weighted by molar-refractivity contribution is -0.0314. The summed E-state index contributed by atoms with van der Waals surface area (Å²) in [5.74, 6) is 0.242. The highest BCUT2D eigenvalue weighted by Crippen LogP contribution is 2.45. The number of benzene rings is 2. The van der Waals surface area contributed by atoms with Gasteiger partial charge in [-0.15, -0.1) is 0 Å². The molecule has 2 aromatic rings. The first-order valence-electron chi connectivity index (χ1n) is 10.5. The van der Waals surface area contributed by atoms with Crippen LogP contribution in [0.1, 0.15) is 27.2 Å². The van der Waals surface area contributed by atoms with Crippen molar-refractivity contribution in [2.24, 2.45) is 17.3 Å². The first-order valence-corrected chi connectivity index (χ1v) is 10.5. The van der Waals surface area contributed by atoms with Crippen molar-refractivity contribution in [3.63, 3.8) is 0 Å². The van der Waals surface area contributed by atoms with E-state index in [-0.39, 0.29) is 25.0 Å². The van der Waals surface area contributed by atoms with Crippen LogP contribution in [0.5, 0.6) is 0 Å². The molecule has 0 fully saturated rings. The van der Waals surface area contributed by atoms with Crippen molar-refractivity contribution in [2.75, 3.05) is 23.8 Å². The Labute approximate surface area is 183 Å². The van der Waals surface area contributed by atoms with Crippen LogP contribution in [0.2, 0.25) is 0 Å². The number of para-hydroxylation sites is 2. The Morgan fingerprint density at radius 3 is 1.74 bits per heavy atom. The maximum atomic E-state index is 12.4. The average Bonchev–Trinajstić information content (AvgIpc) is 2.74. The second-order valence-electron chi connectivity index (χ2n) is 8.27. The first-order chi connectivity index (χ1) is 14.9. The summed E-state index contributed by atoms with van der Waals surface area (Å²) in [5, 5.41) is 5.48. The number of anilines is 2. The molecule has 6 nitrogen and oxygen atoms in total. The summed E-state index contributed by atoms with van der Waals surface area (Å²) in [5.41, 5.74) is 2.11. The lowest BCUT2D eigenvalue weighted by Gasteiger charge is -2.44. The predicted octanol–water partition coefficient (Wildman–Crippen LogP) is 6.09. The van der Waals surface area contributed by atoms with E-state index in [1.54, 1.807) is 24.3 Å². The van der Waals surface area contributed by atoms with Crippen LogP contribution in [0.4, 0.5) is 21.0 Å². The number of nitrogens with one attached hydrogen (secondary N) is 2. The zero-order chi connectivity index (χ0) is 22.3. The summed E-state index contributed by atoms with van der Waals surface area (Å²) >= 11 is 0. The van der Waals surface area contributed by atoms with Crippen LogP contribution in [0.25, 0.3) is 0 Å². The second kappa shape index (κ2) is 10.2. The van der Waals surface area contributed by atoms with Crippen LogP contribution < -0.4 is 10.6 Å². The van der Waals surface area contributed by atoms with Crippen molar-refractivity contribution in [1.82, 2.24) is 0 Å². The molecule has 31 heavy (non-hydrogen) atoms. The lowest BCUT2D eigenvalue weighted by atomic mass is 9.63. The SMILES string of the molecule is CC1=C[C@H](C)C(COC(=O)Nc2ccccc2)(COC(=O)Nc2ccccc2)[C@@H](C)C1. The third-order valence-electron chi connectivity index (χ3n) is 6.04. The van der Waals surface area contributed by atoms with E-state index in [4.69, 9.17) is 9.47 Å². The fourth-order valence-electron chi connectivity index (χ4n) is 4.14. The van der Waals surface area contributed by atoms with Crippen LogP contribution in [-0.4, -0.2) is 25.4 Å². The molecular weight excluding hydrogens is 392 g/mol. The molecule has 0 saturated heterocycles. The highest BCUT2D eigenvalue weighted by molar-refractivity contribution is 5.85. The maximum Gasteiger partial charge on any atom is 0.411 e. The number of hydrogen-bond acceptors (Lipinski definition) is 4. The van der Waals surface area contributed by atoms with Gasteiger partial charge in [0.15, 0.2) is 0 Å². The molecule has 1 aliphatic carbocycles. The van der Waals surface area contributed by atoms with E-state index >= 15 is 0 Å². The highest BCUT2D eigenvalue weighted by Gasteiger charge is 2.45. The van der Waals surface area contributed by atoms with Gasteiger partial charge in [-0.25, -0.2) is 9.59 Å². The normalized spacial score (nSPS) is 19.6. The van der Waals surface area contributed by atoms with Gasteiger partial charge in [0.2, 0.25) is 0 Å². The Bertz CT molecular complexity index is 854. The molecule has 0 aromatic heterocycles. The van der Waals surface area contributed by atoms with E-state index in [0.717, 1.165) is 6.42 Å². The van der Waals surface area contributed by atoms with E-state index in [0.29, 0.717) is 11.4 Å². The summed E-state index contributed by atoms with van der Waals surface area (Å²) in [4.78, 5) is 24.8. The summed E-state index contributed by atoms with van der Waals surface area (Å²) in [6.45, 7) is 6.59. The third-order valence-corrected chi connectivity index (χ3v) is 6.04. The van der Waals surface area contributed by atoms with E-state index in [2.05, 4.69) is 37.5 Å². The molecule has 3 rings (SSSR count). The van der Waals surface area contributed by atoms with Crippen molar-refractivity contribution in [1.29, 1.82) is 0 Å². The van der Waals surface area contributed by atoms with Crippen LogP contribution in [-0.2, 0) is 9.47 Å². The summed E-state index contributed by atoms with van der Waals surface area (Å²) in [7, 11) is 0. The molecule has 0 aliphatic heterocycles. The van der Waals surface area contributed by atoms with Gasteiger partial charge in [0.05, 0.1) is 0 Å². The summed E-state index contributed by atoms with van der Waals surface area (Å²) in [6, 6.07) is 18.3. The van der Waals surface area contributed by atoms with Gasteiger partial charge >= 0.3 is 12.2 Å². The number of carbonyl (C=O) groups is 2. The summed E-state index contributed by atoms with van der Waals surface area (Å²) < 4.78 is 11.2. The monoisotopic (exact) mass is 422 g/mol. The minimum atomic E-state index is -0.523. The third kappa shape index (κ3) is 5.87. The van der Waals surface area contributed by atoms with E-state index in [9.17, 15) is 9.59 Å².